The molecule has 0 saturated heterocycles. The molecule has 0 unspecified atom stereocenters. The number of aromatic nitrogens is 3. The zero-order chi connectivity index (χ0) is 19.1. The highest BCUT2D eigenvalue weighted by atomic mass is 79.9. The van der Waals surface area contributed by atoms with E-state index in [2.05, 4.69) is 41.1 Å². The van der Waals surface area contributed by atoms with Gasteiger partial charge in [0.15, 0.2) is 11.5 Å². The average molecular weight is 450 g/mol. The number of H-pyrrole nitrogens is 1. The summed E-state index contributed by atoms with van der Waals surface area (Å²) in [6.07, 6.45) is 1.48. The van der Waals surface area contributed by atoms with Crippen molar-refractivity contribution in [3.63, 3.8) is 0 Å². The Balaban J connectivity index is 1.66. The maximum atomic E-state index is 10.3. The molecule has 5 aromatic rings. The van der Waals surface area contributed by atoms with E-state index in [1.807, 2.05) is 53.9 Å². The Morgan fingerprint density at radius 2 is 1.89 bits per heavy atom. The van der Waals surface area contributed by atoms with Crippen LogP contribution in [0.25, 0.3) is 32.2 Å². The third-order valence-corrected chi connectivity index (χ3v) is 5.77. The van der Waals surface area contributed by atoms with Crippen LogP contribution < -0.4 is 0 Å². The van der Waals surface area contributed by atoms with Crippen LogP contribution in [0.3, 0.4) is 0 Å². The number of benzene rings is 2. The number of aromatic amines is 1. The van der Waals surface area contributed by atoms with Gasteiger partial charge in [0.25, 0.3) is 0 Å². The van der Waals surface area contributed by atoms with Crippen LogP contribution in [0.4, 0.5) is 11.5 Å². The first-order valence-corrected chi connectivity index (χ1v) is 10.1. The van der Waals surface area contributed by atoms with E-state index in [0.717, 1.165) is 36.7 Å². The van der Waals surface area contributed by atoms with Crippen LogP contribution in [0.5, 0.6) is 5.88 Å². The molecular weight excluding hydrogens is 438 g/mol. The van der Waals surface area contributed by atoms with Gasteiger partial charge in [0.2, 0.25) is 5.88 Å². The molecule has 2 aromatic carbocycles. The first-order valence-electron chi connectivity index (χ1n) is 8.40. The first-order chi connectivity index (χ1) is 13.7. The molecule has 0 aliphatic rings. The van der Waals surface area contributed by atoms with E-state index < -0.39 is 0 Å². The van der Waals surface area contributed by atoms with Gasteiger partial charge in [-0.2, -0.15) is 0 Å². The molecular formula is C20H12BrN5OS. The van der Waals surface area contributed by atoms with Crippen LogP contribution in [0, 0.1) is 0 Å². The second-order valence-corrected chi connectivity index (χ2v) is 7.88. The summed E-state index contributed by atoms with van der Waals surface area (Å²) in [7, 11) is 0. The quantitative estimate of drug-likeness (QED) is 0.299. The highest BCUT2D eigenvalue weighted by molar-refractivity contribution is 9.10. The largest absolute Gasteiger partial charge is 0.493 e. The molecule has 0 aliphatic carbocycles. The van der Waals surface area contributed by atoms with Crippen LogP contribution in [-0.2, 0) is 0 Å². The second-order valence-electron chi connectivity index (χ2n) is 6.10. The lowest BCUT2D eigenvalue weighted by Gasteiger charge is -2.01. The van der Waals surface area contributed by atoms with E-state index in [1.54, 1.807) is 0 Å². The van der Waals surface area contributed by atoms with Crippen molar-refractivity contribution in [2.45, 2.75) is 0 Å². The fourth-order valence-electron chi connectivity index (χ4n) is 3.10. The van der Waals surface area contributed by atoms with Gasteiger partial charge >= 0.3 is 0 Å². The zero-order valence-electron chi connectivity index (χ0n) is 14.3. The SMILES string of the molecule is Oc1[nH]c2ccc(Br)cc2c1N=Nc1ncnc2scc(-c3ccccc3)c12. The van der Waals surface area contributed by atoms with Crippen molar-refractivity contribution in [3.05, 3.63) is 64.7 Å². The predicted molar refractivity (Wildman–Crippen MR) is 115 cm³/mol. The van der Waals surface area contributed by atoms with E-state index in [1.165, 1.54) is 17.7 Å². The maximum Gasteiger partial charge on any atom is 0.218 e. The van der Waals surface area contributed by atoms with Crippen LogP contribution >= 0.6 is 27.3 Å². The van der Waals surface area contributed by atoms with Gasteiger partial charge in [-0.3, -0.25) is 0 Å². The minimum Gasteiger partial charge on any atom is -0.493 e. The minimum atomic E-state index is -0.0317. The number of fused-ring (bicyclic) bond motifs is 2. The van der Waals surface area contributed by atoms with Crippen molar-refractivity contribution in [2.24, 2.45) is 10.2 Å². The maximum absolute atomic E-state index is 10.3. The van der Waals surface area contributed by atoms with E-state index in [0.29, 0.717) is 11.5 Å². The van der Waals surface area contributed by atoms with Crippen LogP contribution in [0.1, 0.15) is 0 Å². The molecule has 0 bridgehead atoms. The summed E-state index contributed by atoms with van der Waals surface area (Å²) in [6, 6.07) is 15.7. The van der Waals surface area contributed by atoms with Crippen molar-refractivity contribution in [2.75, 3.05) is 0 Å². The van der Waals surface area contributed by atoms with Crippen molar-refractivity contribution in [1.29, 1.82) is 0 Å². The summed E-state index contributed by atoms with van der Waals surface area (Å²) >= 11 is 4.99. The van der Waals surface area contributed by atoms with Crippen molar-refractivity contribution in [3.8, 4) is 17.0 Å². The lowest BCUT2D eigenvalue weighted by molar-refractivity contribution is 0.459. The molecule has 0 fully saturated rings. The third-order valence-electron chi connectivity index (χ3n) is 4.39. The summed E-state index contributed by atoms with van der Waals surface area (Å²) < 4.78 is 0.893. The van der Waals surface area contributed by atoms with Gasteiger partial charge in [-0.25, -0.2) is 9.97 Å². The van der Waals surface area contributed by atoms with E-state index in [9.17, 15) is 5.11 Å². The molecule has 136 valence electrons. The number of aromatic hydroxyl groups is 1. The lowest BCUT2D eigenvalue weighted by Crippen LogP contribution is -1.81. The summed E-state index contributed by atoms with van der Waals surface area (Å²) in [4.78, 5) is 12.4. The van der Waals surface area contributed by atoms with Crippen LogP contribution in [0.2, 0.25) is 0 Å². The van der Waals surface area contributed by atoms with Gasteiger partial charge in [-0.05, 0) is 23.8 Å². The highest BCUT2D eigenvalue weighted by Gasteiger charge is 2.14. The third kappa shape index (κ3) is 2.87. The zero-order valence-corrected chi connectivity index (χ0v) is 16.7. The highest BCUT2D eigenvalue weighted by Crippen LogP contribution is 2.40. The van der Waals surface area contributed by atoms with Crippen LogP contribution in [0.15, 0.2) is 74.9 Å². The van der Waals surface area contributed by atoms with Gasteiger partial charge in [-0.15, -0.1) is 21.6 Å². The van der Waals surface area contributed by atoms with Crippen molar-refractivity contribution in [1.82, 2.24) is 15.0 Å². The Morgan fingerprint density at radius 1 is 1.04 bits per heavy atom. The Bertz CT molecular complexity index is 1340. The smallest absolute Gasteiger partial charge is 0.218 e. The predicted octanol–water partition coefficient (Wildman–Crippen LogP) is 6.72. The molecule has 0 saturated carbocycles. The summed E-state index contributed by atoms with van der Waals surface area (Å²) in [6.45, 7) is 0. The molecule has 0 spiro atoms. The number of hydrogen-bond donors (Lipinski definition) is 2. The van der Waals surface area contributed by atoms with Gasteiger partial charge in [-0.1, -0.05) is 46.3 Å². The molecule has 2 N–H and O–H groups in total. The fourth-order valence-corrected chi connectivity index (χ4v) is 4.37. The number of nitrogens with one attached hydrogen (secondary N) is 1. The minimum absolute atomic E-state index is 0.0317. The van der Waals surface area contributed by atoms with E-state index in [-0.39, 0.29) is 5.88 Å². The van der Waals surface area contributed by atoms with E-state index in [4.69, 9.17) is 0 Å². The summed E-state index contributed by atoms with van der Waals surface area (Å²) in [5.41, 5.74) is 3.24. The monoisotopic (exact) mass is 449 g/mol. The average Bonchev–Trinajstić information content (AvgIpc) is 3.28. The van der Waals surface area contributed by atoms with E-state index >= 15 is 0 Å². The summed E-state index contributed by atoms with van der Waals surface area (Å²) in [5, 5.41) is 22.6. The number of rotatable bonds is 3. The van der Waals surface area contributed by atoms with Crippen LogP contribution in [-0.4, -0.2) is 20.1 Å². The molecule has 6 nitrogen and oxygen atoms in total. The number of hydrogen-bond acceptors (Lipinski definition) is 6. The van der Waals surface area contributed by atoms with Gasteiger partial charge in [0, 0.05) is 20.8 Å². The molecule has 3 heterocycles. The second kappa shape index (κ2) is 6.81. The summed E-state index contributed by atoms with van der Waals surface area (Å²) in [5.74, 6) is 0.435. The molecule has 28 heavy (non-hydrogen) atoms. The van der Waals surface area contributed by atoms with Gasteiger partial charge in [0.1, 0.15) is 11.2 Å². The van der Waals surface area contributed by atoms with Crippen molar-refractivity contribution >= 4 is 59.9 Å². The molecule has 8 heteroatoms. The number of azo groups is 1. The standard InChI is InChI=1S/C20H12BrN5OS/c21-12-6-7-15-13(8-12)17(19(27)24-15)25-26-18-16-14(11-4-2-1-3-5-11)9-28-20(16)23-10-22-18/h1-10,24,27H. The number of nitrogens with zero attached hydrogens (tertiary/aromatic N) is 4. The molecule has 5 rings (SSSR count). The number of halogens is 1. The van der Waals surface area contributed by atoms with Crippen molar-refractivity contribution < 1.29 is 5.11 Å². The molecule has 0 amide bonds. The Morgan fingerprint density at radius 3 is 2.75 bits per heavy atom. The topological polar surface area (TPSA) is 86.5 Å². The first kappa shape index (κ1) is 17.0. The normalized spacial score (nSPS) is 11.8. The fraction of sp³-hybridized carbons (Fsp3) is 0. The van der Waals surface area contributed by atoms with Gasteiger partial charge in [0.05, 0.1) is 10.9 Å². The molecule has 0 atom stereocenters. The molecule has 0 aliphatic heterocycles. The Labute approximate surface area is 171 Å². The molecule has 0 radical (unpaired) electrons. The Hall–Kier alpha value is -3.10. The lowest BCUT2D eigenvalue weighted by atomic mass is 10.1. The van der Waals surface area contributed by atoms with Gasteiger partial charge < -0.3 is 10.1 Å². The Kier molecular flexibility index (Phi) is 4.14. The molecule has 3 aromatic heterocycles. The number of thiophene rings is 1.